The van der Waals surface area contributed by atoms with E-state index in [-0.39, 0.29) is 11.7 Å². The maximum absolute atomic E-state index is 13.0. The zero-order valence-corrected chi connectivity index (χ0v) is 14.2. The van der Waals surface area contributed by atoms with Crippen LogP contribution < -0.4 is 4.90 Å². The zero-order valence-electron chi connectivity index (χ0n) is 13.4. The first kappa shape index (κ1) is 17.7. The largest absolute Gasteiger partial charge is 0.368 e. The third-order valence-electron chi connectivity index (χ3n) is 4.09. The highest BCUT2D eigenvalue weighted by molar-refractivity contribution is 7.99. The van der Waals surface area contributed by atoms with Gasteiger partial charge in [0.15, 0.2) is 0 Å². The number of halogens is 3. The van der Waals surface area contributed by atoms with Crippen molar-refractivity contribution >= 4 is 23.4 Å². The van der Waals surface area contributed by atoms with Crippen LogP contribution in [0.3, 0.4) is 0 Å². The molecule has 1 heterocycles. The zero-order chi connectivity index (χ0) is 17.8. The molecule has 1 fully saturated rings. The Morgan fingerprint density at radius 3 is 2.08 bits per heavy atom. The molecule has 0 saturated carbocycles. The number of thioether (sulfide) groups is 1. The molecule has 0 aromatic heterocycles. The lowest BCUT2D eigenvalue weighted by Crippen LogP contribution is -2.48. The minimum absolute atomic E-state index is 0.104. The number of benzene rings is 2. The molecule has 0 aliphatic carbocycles. The highest BCUT2D eigenvalue weighted by atomic mass is 32.2. The molecular weight excluding hydrogens is 349 g/mol. The van der Waals surface area contributed by atoms with E-state index in [4.69, 9.17) is 0 Å². The molecule has 25 heavy (non-hydrogen) atoms. The number of carbonyl (C=O) groups is 1. The Morgan fingerprint density at radius 2 is 1.52 bits per heavy atom. The maximum Gasteiger partial charge on any atom is 0.288 e. The molecule has 3 rings (SSSR count). The third-order valence-corrected chi connectivity index (χ3v) is 4.81. The molecule has 3 nitrogen and oxygen atoms in total. The highest BCUT2D eigenvalue weighted by Crippen LogP contribution is 2.25. The first-order chi connectivity index (χ1) is 12.0. The van der Waals surface area contributed by atoms with Crippen LogP contribution in [0.1, 0.15) is 10.4 Å². The predicted molar refractivity (Wildman–Crippen MR) is 92.8 cm³/mol. The number of piperazine rings is 1. The van der Waals surface area contributed by atoms with Gasteiger partial charge in [-0.05, 0) is 48.5 Å². The van der Waals surface area contributed by atoms with Gasteiger partial charge in [-0.3, -0.25) is 4.79 Å². The molecule has 2 aromatic rings. The molecule has 0 radical (unpaired) electrons. The fourth-order valence-electron chi connectivity index (χ4n) is 2.78. The quantitative estimate of drug-likeness (QED) is 0.761. The lowest BCUT2D eigenvalue weighted by atomic mass is 10.1. The van der Waals surface area contributed by atoms with Crippen LogP contribution in [0, 0.1) is 5.82 Å². The average molecular weight is 366 g/mol. The average Bonchev–Trinajstić information content (AvgIpc) is 2.62. The van der Waals surface area contributed by atoms with E-state index in [1.165, 1.54) is 12.1 Å². The number of nitrogens with zero attached hydrogens (tertiary/aromatic N) is 2. The van der Waals surface area contributed by atoms with Crippen molar-refractivity contribution in [3.8, 4) is 0 Å². The summed E-state index contributed by atoms with van der Waals surface area (Å²) in [4.78, 5) is 16.8. The topological polar surface area (TPSA) is 23.6 Å². The molecule has 0 bridgehead atoms. The smallest absolute Gasteiger partial charge is 0.288 e. The van der Waals surface area contributed by atoms with E-state index < -0.39 is 5.76 Å². The number of hydrogen-bond donors (Lipinski definition) is 0. The molecule has 1 saturated heterocycles. The monoisotopic (exact) mass is 366 g/mol. The van der Waals surface area contributed by atoms with Gasteiger partial charge in [-0.2, -0.15) is 8.78 Å². The van der Waals surface area contributed by atoms with E-state index >= 15 is 0 Å². The van der Waals surface area contributed by atoms with Crippen molar-refractivity contribution in [3.63, 3.8) is 0 Å². The van der Waals surface area contributed by atoms with Gasteiger partial charge in [0, 0.05) is 42.3 Å². The Bertz CT molecular complexity index is 714. The minimum atomic E-state index is -2.47. The molecule has 2 aromatic carbocycles. The van der Waals surface area contributed by atoms with Crippen molar-refractivity contribution in [2.45, 2.75) is 10.7 Å². The number of carbonyl (C=O) groups excluding carboxylic acids is 1. The van der Waals surface area contributed by atoms with Crippen LogP contribution in [0.25, 0.3) is 0 Å². The normalized spacial score (nSPS) is 14.9. The van der Waals surface area contributed by atoms with E-state index in [0.717, 1.165) is 5.69 Å². The predicted octanol–water partition coefficient (Wildman–Crippen LogP) is 4.10. The second-order valence-electron chi connectivity index (χ2n) is 5.66. The molecule has 1 aliphatic heterocycles. The van der Waals surface area contributed by atoms with Crippen molar-refractivity contribution in [3.05, 3.63) is 59.9 Å². The second-order valence-corrected chi connectivity index (χ2v) is 6.72. The van der Waals surface area contributed by atoms with Gasteiger partial charge in [-0.15, -0.1) is 0 Å². The highest BCUT2D eigenvalue weighted by Gasteiger charge is 2.22. The van der Waals surface area contributed by atoms with Crippen LogP contribution in [0.5, 0.6) is 0 Å². The second kappa shape index (κ2) is 7.82. The van der Waals surface area contributed by atoms with Crippen molar-refractivity contribution < 1.29 is 18.0 Å². The van der Waals surface area contributed by atoms with Gasteiger partial charge in [0.05, 0.1) is 0 Å². The lowest BCUT2D eigenvalue weighted by molar-refractivity contribution is 0.0746. The molecule has 0 N–H and O–H groups in total. The molecule has 132 valence electrons. The van der Waals surface area contributed by atoms with E-state index in [1.807, 2.05) is 0 Å². The molecule has 0 spiro atoms. The van der Waals surface area contributed by atoms with Crippen LogP contribution in [-0.2, 0) is 0 Å². The standard InChI is InChI=1S/C18H17F3N2OS/c19-14-3-5-15(6-4-14)22-9-11-23(12-10-22)17(24)13-1-7-16(8-2-13)25-18(20)21/h1-8,18H,9-12H2. The van der Waals surface area contributed by atoms with Crippen LogP contribution >= 0.6 is 11.8 Å². The number of amides is 1. The number of alkyl halides is 2. The summed E-state index contributed by atoms with van der Waals surface area (Å²) < 4.78 is 37.7. The molecule has 1 amide bonds. The first-order valence-corrected chi connectivity index (χ1v) is 8.75. The summed E-state index contributed by atoms with van der Waals surface area (Å²) in [6.07, 6.45) is 0. The van der Waals surface area contributed by atoms with Gasteiger partial charge in [0.2, 0.25) is 0 Å². The summed E-state index contributed by atoms with van der Waals surface area (Å²) in [5, 5.41) is 0. The van der Waals surface area contributed by atoms with Gasteiger partial charge < -0.3 is 9.80 Å². The van der Waals surface area contributed by atoms with Crippen LogP contribution in [-0.4, -0.2) is 42.7 Å². The summed E-state index contributed by atoms with van der Waals surface area (Å²) >= 11 is 0.462. The Labute approximate surface area is 148 Å². The molecular formula is C18H17F3N2OS. The summed E-state index contributed by atoms with van der Waals surface area (Å²) in [5.41, 5.74) is 1.43. The van der Waals surface area contributed by atoms with E-state index in [0.29, 0.717) is 48.4 Å². The van der Waals surface area contributed by atoms with Gasteiger partial charge in [0.1, 0.15) is 5.82 Å². The van der Waals surface area contributed by atoms with Crippen molar-refractivity contribution in [1.29, 1.82) is 0 Å². The minimum Gasteiger partial charge on any atom is -0.368 e. The first-order valence-electron chi connectivity index (χ1n) is 7.87. The SMILES string of the molecule is O=C(c1ccc(SC(F)F)cc1)N1CCN(c2ccc(F)cc2)CC1. The van der Waals surface area contributed by atoms with E-state index in [2.05, 4.69) is 4.90 Å². The number of anilines is 1. The maximum atomic E-state index is 13.0. The fourth-order valence-corrected chi connectivity index (χ4v) is 3.28. The van der Waals surface area contributed by atoms with Crippen molar-refractivity contribution in [2.24, 2.45) is 0 Å². The van der Waals surface area contributed by atoms with Crippen LogP contribution in [0.15, 0.2) is 53.4 Å². The molecule has 7 heteroatoms. The van der Waals surface area contributed by atoms with Gasteiger partial charge in [0.25, 0.3) is 11.7 Å². The van der Waals surface area contributed by atoms with Gasteiger partial charge in [-0.1, -0.05) is 11.8 Å². The van der Waals surface area contributed by atoms with Crippen molar-refractivity contribution in [1.82, 2.24) is 4.90 Å². The van der Waals surface area contributed by atoms with Gasteiger partial charge in [-0.25, -0.2) is 4.39 Å². The Balaban J connectivity index is 1.58. The van der Waals surface area contributed by atoms with Crippen LogP contribution in [0.2, 0.25) is 0 Å². The summed E-state index contributed by atoms with van der Waals surface area (Å²) in [6, 6.07) is 12.5. The molecule has 1 aliphatic rings. The lowest BCUT2D eigenvalue weighted by Gasteiger charge is -2.36. The van der Waals surface area contributed by atoms with E-state index in [1.54, 1.807) is 41.3 Å². The third kappa shape index (κ3) is 4.48. The summed E-state index contributed by atoms with van der Waals surface area (Å²) in [5.74, 6) is -2.85. The summed E-state index contributed by atoms with van der Waals surface area (Å²) in [6.45, 7) is 2.45. The van der Waals surface area contributed by atoms with Gasteiger partial charge >= 0.3 is 0 Å². The van der Waals surface area contributed by atoms with Crippen molar-refractivity contribution in [2.75, 3.05) is 31.1 Å². The summed E-state index contributed by atoms with van der Waals surface area (Å²) in [7, 11) is 0. The number of hydrogen-bond acceptors (Lipinski definition) is 3. The van der Waals surface area contributed by atoms with Crippen LogP contribution in [0.4, 0.5) is 18.9 Å². The Kier molecular flexibility index (Phi) is 5.53. The molecule has 0 unspecified atom stereocenters. The van der Waals surface area contributed by atoms with E-state index in [9.17, 15) is 18.0 Å². The number of rotatable bonds is 4. The Hall–Kier alpha value is -2.15. The Morgan fingerprint density at radius 1 is 0.920 bits per heavy atom. The molecule has 0 atom stereocenters. The fraction of sp³-hybridized carbons (Fsp3) is 0.278.